The van der Waals surface area contributed by atoms with Crippen LogP contribution >= 0.6 is 0 Å². The van der Waals surface area contributed by atoms with Crippen molar-refractivity contribution in [1.29, 1.82) is 0 Å². The highest BCUT2D eigenvalue weighted by Gasteiger charge is 2.22. The molecule has 0 unspecified atom stereocenters. The first kappa shape index (κ1) is 15.2. The fraction of sp³-hybridized carbons (Fsp3) is 0.529. The van der Waals surface area contributed by atoms with Crippen molar-refractivity contribution >= 4 is 10.9 Å². The van der Waals surface area contributed by atoms with Gasteiger partial charge in [0.1, 0.15) is 5.82 Å². The second-order valence-corrected chi connectivity index (χ2v) is 6.26. The monoisotopic (exact) mass is 301 g/mol. The van der Waals surface area contributed by atoms with Crippen molar-refractivity contribution in [3.8, 4) is 0 Å². The molecule has 0 saturated carbocycles. The van der Waals surface area contributed by atoms with E-state index in [0.29, 0.717) is 5.39 Å². The van der Waals surface area contributed by atoms with E-state index in [4.69, 9.17) is 15.5 Å². The third kappa shape index (κ3) is 2.55. The van der Waals surface area contributed by atoms with Crippen LogP contribution in [0.1, 0.15) is 48.7 Å². The van der Waals surface area contributed by atoms with E-state index in [2.05, 4.69) is 0 Å². The van der Waals surface area contributed by atoms with Crippen LogP contribution < -0.4 is 11.3 Å². The molecule has 1 atom stereocenters. The summed E-state index contributed by atoms with van der Waals surface area (Å²) in [7, 11) is 1.81. The fourth-order valence-electron chi connectivity index (χ4n) is 3.24. The van der Waals surface area contributed by atoms with Gasteiger partial charge in [-0.2, -0.15) is 0 Å². The molecule has 0 spiro atoms. The summed E-state index contributed by atoms with van der Waals surface area (Å²) in [4.78, 5) is 17.6. The third-order valence-electron chi connectivity index (χ3n) is 4.47. The van der Waals surface area contributed by atoms with Gasteiger partial charge in [-0.3, -0.25) is 9.36 Å². The van der Waals surface area contributed by atoms with Gasteiger partial charge >= 0.3 is 0 Å². The Kier molecular flexibility index (Phi) is 4.02. The Bertz CT molecular complexity index is 759. The van der Waals surface area contributed by atoms with Crippen LogP contribution in [0.2, 0.25) is 0 Å². The minimum Gasteiger partial charge on any atom is -0.381 e. The van der Waals surface area contributed by atoms with Crippen LogP contribution in [0.5, 0.6) is 0 Å². The Hall–Kier alpha value is -1.72. The predicted molar refractivity (Wildman–Crippen MR) is 87.1 cm³/mol. The number of fused-ring (bicyclic) bond motifs is 1. The lowest BCUT2D eigenvalue weighted by atomic mass is 9.97. The lowest BCUT2D eigenvalue weighted by Gasteiger charge is -2.24. The maximum absolute atomic E-state index is 12.8. The second-order valence-electron chi connectivity index (χ2n) is 6.26. The van der Waals surface area contributed by atoms with Crippen molar-refractivity contribution in [2.24, 2.45) is 12.8 Å². The van der Waals surface area contributed by atoms with Crippen molar-refractivity contribution in [2.75, 3.05) is 13.2 Å². The summed E-state index contributed by atoms with van der Waals surface area (Å²) in [6.07, 6.45) is 1.82. The Balaban J connectivity index is 2.27. The van der Waals surface area contributed by atoms with Crippen LogP contribution in [0.4, 0.5) is 0 Å². The molecule has 0 bridgehead atoms. The average Bonchev–Trinajstić information content (AvgIpc) is 2.51. The lowest BCUT2D eigenvalue weighted by Crippen LogP contribution is -2.27. The maximum atomic E-state index is 12.8. The van der Waals surface area contributed by atoms with Gasteiger partial charge in [0.25, 0.3) is 5.56 Å². The highest BCUT2D eigenvalue weighted by molar-refractivity contribution is 5.82. The quantitative estimate of drug-likeness (QED) is 0.922. The number of nitrogens with zero attached hydrogens (tertiary/aromatic N) is 2. The molecule has 22 heavy (non-hydrogen) atoms. The lowest BCUT2D eigenvalue weighted by molar-refractivity contribution is 0.0828. The summed E-state index contributed by atoms with van der Waals surface area (Å²) in [6, 6.07) is 3.79. The number of aryl methyl sites for hydroxylation is 1. The molecular weight excluding hydrogens is 278 g/mol. The summed E-state index contributed by atoms with van der Waals surface area (Å²) in [5.41, 5.74) is 8.85. The Morgan fingerprint density at radius 1 is 1.36 bits per heavy atom. The summed E-state index contributed by atoms with van der Waals surface area (Å²) in [5, 5.41) is 0.658. The number of aromatic nitrogens is 2. The molecule has 0 aliphatic carbocycles. The molecule has 5 heteroatoms. The number of ether oxygens (including phenoxy) is 1. The first-order chi connectivity index (χ1) is 10.5. The van der Waals surface area contributed by atoms with Crippen LogP contribution in [-0.4, -0.2) is 22.8 Å². The van der Waals surface area contributed by atoms with Gasteiger partial charge in [0.15, 0.2) is 0 Å². The van der Waals surface area contributed by atoms with Crippen molar-refractivity contribution in [1.82, 2.24) is 9.55 Å². The maximum Gasteiger partial charge on any atom is 0.261 e. The van der Waals surface area contributed by atoms with E-state index >= 15 is 0 Å². The SMILES string of the molecule is Cc1cc([C@H](C)N)c2nc(C3CCOCC3)n(C)c(=O)c2c1. The molecule has 2 N–H and O–H groups in total. The van der Waals surface area contributed by atoms with Crippen LogP contribution in [-0.2, 0) is 11.8 Å². The Labute approximate surface area is 130 Å². The highest BCUT2D eigenvalue weighted by Crippen LogP contribution is 2.28. The van der Waals surface area contributed by atoms with E-state index in [1.807, 2.05) is 33.0 Å². The zero-order chi connectivity index (χ0) is 15.9. The van der Waals surface area contributed by atoms with Gasteiger partial charge in [-0.25, -0.2) is 4.98 Å². The minimum atomic E-state index is -0.149. The smallest absolute Gasteiger partial charge is 0.261 e. The molecule has 1 saturated heterocycles. The summed E-state index contributed by atoms with van der Waals surface area (Å²) in [6.45, 7) is 5.37. The molecule has 1 aromatic heterocycles. The van der Waals surface area contributed by atoms with Gasteiger partial charge in [0.2, 0.25) is 0 Å². The molecule has 1 aromatic carbocycles. The summed E-state index contributed by atoms with van der Waals surface area (Å²) in [5.74, 6) is 1.13. The molecule has 0 amide bonds. The van der Waals surface area contributed by atoms with Crippen LogP contribution in [0, 0.1) is 6.92 Å². The fourth-order valence-corrected chi connectivity index (χ4v) is 3.24. The Morgan fingerprint density at radius 3 is 2.68 bits per heavy atom. The van der Waals surface area contributed by atoms with Gasteiger partial charge in [-0.15, -0.1) is 0 Å². The molecule has 118 valence electrons. The average molecular weight is 301 g/mol. The van der Waals surface area contributed by atoms with E-state index in [-0.39, 0.29) is 17.5 Å². The van der Waals surface area contributed by atoms with E-state index in [0.717, 1.165) is 48.5 Å². The molecule has 2 aromatic rings. The largest absolute Gasteiger partial charge is 0.381 e. The molecule has 3 rings (SSSR count). The van der Waals surface area contributed by atoms with E-state index in [9.17, 15) is 4.79 Å². The summed E-state index contributed by atoms with van der Waals surface area (Å²) >= 11 is 0. The molecule has 5 nitrogen and oxygen atoms in total. The third-order valence-corrected chi connectivity index (χ3v) is 4.47. The standard InChI is InChI=1S/C17H23N3O2/c1-10-8-13(11(2)18)15-14(9-10)17(21)20(3)16(19-15)12-4-6-22-7-5-12/h8-9,11-12H,4-7,18H2,1-3H3/t11-/m0/s1. The molecule has 1 aliphatic heterocycles. The number of hydrogen-bond donors (Lipinski definition) is 1. The molecule has 1 fully saturated rings. The van der Waals surface area contributed by atoms with Crippen LogP contribution in [0.3, 0.4) is 0 Å². The number of rotatable bonds is 2. The van der Waals surface area contributed by atoms with Gasteiger partial charge in [0, 0.05) is 32.2 Å². The predicted octanol–water partition coefficient (Wildman–Crippen LogP) is 2.16. The zero-order valence-electron chi connectivity index (χ0n) is 13.4. The van der Waals surface area contributed by atoms with Crippen LogP contribution in [0.15, 0.2) is 16.9 Å². The molecule has 0 radical (unpaired) electrons. The van der Waals surface area contributed by atoms with Crippen molar-refractivity contribution < 1.29 is 4.74 Å². The van der Waals surface area contributed by atoms with Crippen molar-refractivity contribution in [3.63, 3.8) is 0 Å². The minimum absolute atomic E-state index is 0.0112. The second kappa shape index (κ2) is 5.82. The first-order valence-electron chi connectivity index (χ1n) is 7.83. The van der Waals surface area contributed by atoms with E-state index in [1.165, 1.54) is 0 Å². The normalized spacial score (nSPS) is 17.8. The number of benzene rings is 1. The molecule has 1 aliphatic rings. The topological polar surface area (TPSA) is 70.1 Å². The van der Waals surface area contributed by atoms with Gasteiger partial charge in [-0.05, 0) is 43.9 Å². The van der Waals surface area contributed by atoms with Crippen molar-refractivity contribution in [3.05, 3.63) is 39.4 Å². The number of nitrogens with two attached hydrogens (primary N) is 1. The Morgan fingerprint density at radius 2 is 2.05 bits per heavy atom. The van der Waals surface area contributed by atoms with E-state index < -0.39 is 0 Å². The zero-order valence-corrected chi connectivity index (χ0v) is 13.4. The highest BCUT2D eigenvalue weighted by atomic mass is 16.5. The number of hydrogen-bond acceptors (Lipinski definition) is 4. The van der Waals surface area contributed by atoms with E-state index in [1.54, 1.807) is 4.57 Å². The van der Waals surface area contributed by atoms with Crippen LogP contribution in [0.25, 0.3) is 10.9 Å². The molecule has 2 heterocycles. The summed E-state index contributed by atoms with van der Waals surface area (Å²) < 4.78 is 7.12. The van der Waals surface area contributed by atoms with Gasteiger partial charge < -0.3 is 10.5 Å². The first-order valence-corrected chi connectivity index (χ1v) is 7.83. The molecular formula is C17H23N3O2. The van der Waals surface area contributed by atoms with Crippen molar-refractivity contribution in [2.45, 2.75) is 38.6 Å². The van der Waals surface area contributed by atoms with Gasteiger partial charge in [0.05, 0.1) is 10.9 Å². The van der Waals surface area contributed by atoms with Gasteiger partial charge in [-0.1, -0.05) is 6.07 Å².